The molecule has 2 aliphatic carbocycles. The molecule has 3 heteroatoms. The molecule has 252 valence electrons. The Bertz CT molecular complexity index is 3070. The van der Waals surface area contributed by atoms with Crippen LogP contribution in [0.25, 0.3) is 76.1 Å². The van der Waals surface area contributed by atoms with Crippen LogP contribution in [0.3, 0.4) is 0 Å². The molecule has 9 aromatic rings. The maximum atomic E-state index is 4.00. The van der Waals surface area contributed by atoms with E-state index in [9.17, 15) is 0 Å². The fourth-order valence-corrected chi connectivity index (χ4v) is 10.7. The van der Waals surface area contributed by atoms with Crippen molar-refractivity contribution in [3.8, 4) is 11.1 Å². The SMILES string of the molecule is C=C/C=C(\C=C/C)n1c2ccccc2c2cc(-c3ccc4c(c3)c3ccccc3n4C34C=C(c5ccccc5)c5sc6ccccc6c5[C@@H]3C4)ccc21. The molecule has 0 bridgehead atoms. The predicted octanol–water partition coefficient (Wildman–Crippen LogP) is 13.7. The number of hydrogen-bond donors (Lipinski definition) is 0. The molecule has 1 fully saturated rings. The fourth-order valence-electron chi connectivity index (χ4n) is 9.38. The molecule has 0 aliphatic heterocycles. The van der Waals surface area contributed by atoms with Gasteiger partial charge < -0.3 is 9.13 Å². The molecule has 6 aromatic carbocycles. The lowest BCUT2D eigenvalue weighted by molar-refractivity contribution is 0.613. The molecule has 3 aromatic heterocycles. The van der Waals surface area contributed by atoms with Crippen molar-refractivity contribution >= 4 is 76.3 Å². The van der Waals surface area contributed by atoms with Crippen LogP contribution in [0.15, 0.2) is 176 Å². The van der Waals surface area contributed by atoms with Gasteiger partial charge in [0.1, 0.15) is 0 Å². The first kappa shape index (κ1) is 30.5. The highest BCUT2D eigenvalue weighted by molar-refractivity contribution is 7.20. The van der Waals surface area contributed by atoms with Crippen molar-refractivity contribution in [2.24, 2.45) is 0 Å². The highest BCUT2D eigenvalue weighted by atomic mass is 32.1. The Labute approximate surface area is 312 Å². The molecule has 2 atom stereocenters. The average Bonchev–Trinajstić information content (AvgIpc) is 3.49. The van der Waals surface area contributed by atoms with Crippen molar-refractivity contribution in [3.05, 3.63) is 192 Å². The van der Waals surface area contributed by atoms with Gasteiger partial charge in [-0.3, -0.25) is 0 Å². The normalized spacial score (nSPS) is 18.3. The van der Waals surface area contributed by atoms with E-state index < -0.39 is 0 Å². The Morgan fingerprint density at radius 1 is 0.660 bits per heavy atom. The van der Waals surface area contributed by atoms with Gasteiger partial charge >= 0.3 is 0 Å². The van der Waals surface area contributed by atoms with E-state index in [2.05, 4.69) is 186 Å². The summed E-state index contributed by atoms with van der Waals surface area (Å²) in [4.78, 5) is 1.44. The van der Waals surface area contributed by atoms with Crippen molar-refractivity contribution in [3.63, 3.8) is 0 Å². The van der Waals surface area contributed by atoms with E-state index in [0.717, 1.165) is 12.1 Å². The number of aromatic nitrogens is 2. The first-order valence-electron chi connectivity index (χ1n) is 18.5. The van der Waals surface area contributed by atoms with Gasteiger partial charge in [0.25, 0.3) is 0 Å². The smallest absolute Gasteiger partial charge is 0.0720 e. The van der Waals surface area contributed by atoms with Crippen molar-refractivity contribution in [2.45, 2.75) is 24.8 Å². The van der Waals surface area contributed by atoms with Crippen molar-refractivity contribution in [1.29, 1.82) is 0 Å². The van der Waals surface area contributed by atoms with Gasteiger partial charge in [0.15, 0.2) is 0 Å². The summed E-state index contributed by atoms with van der Waals surface area (Å²) >= 11 is 1.95. The maximum Gasteiger partial charge on any atom is 0.0720 e. The van der Waals surface area contributed by atoms with Crippen LogP contribution in [0.4, 0.5) is 0 Å². The number of allylic oxidation sites excluding steroid dienone is 6. The van der Waals surface area contributed by atoms with Gasteiger partial charge in [-0.25, -0.2) is 0 Å². The monoisotopic (exact) mass is 696 g/mol. The van der Waals surface area contributed by atoms with Gasteiger partial charge in [0.05, 0.1) is 16.6 Å². The fraction of sp³-hybridized carbons (Fsp3) is 0.0800. The van der Waals surface area contributed by atoms with Crippen molar-refractivity contribution in [1.82, 2.24) is 9.13 Å². The summed E-state index contributed by atoms with van der Waals surface area (Å²) in [6, 6.07) is 51.9. The minimum Gasteiger partial charge on any atom is -0.330 e. The molecular weight excluding hydrogens is 661 g/mol. The van der Waals surface area contributed by atoms with E-state index in [-0.39, 0.29) is 5.54 Å². The molecule has 0 N–H and O–H groups in total. The zero-order valence-electron chi connectivity index (χ0n) is 29.5. The molecule has 0 spiro atoms. The van der Waals surface area contributed by atoms with E-state index in [0.29, 0.717) is 5.92 Å². The van der Waals surface area contributed by atoms with Crippen LogP contribution < -0.4 is 0 Å². The largest absolute Gasteiger partial charge is 0.330 e. The van der Waals surface area contributed by atoms with Crippen molar-refractivity contribution in [2.75, 3.05) is 0 Å². The average molecular weight is 697 g/mol. The molecule has 53 heavy (non-hydrogen) atoms. The number of benzene rings is 6. The first-order chi connectivity index (χ1) is 26.2. The maximum absolute atomic E-state index is 4.00. The summed E-state index contributed by atoms with van der Waals surface area (Å²) in [6.45, 7) is 6.06. The minimum absolute atomic E-state index is 0.130. The zero-order valence-corrected chi connectivity index (χ0v) is 30.3. The quantitative estimate of drug-likeness (QED) is 0.153. The van der Waals surface area contributed by atoms with Crippen LogP contribution in [0.2, 0.25) is 0 Å². The molecule has 2 nitrogen and oxygen atoms in total. The molecule has 0 amide bonds. The number of rotatable bonds is 6. The Kier molecular flexibility index (Phi) is 6.56. The summed E-state index contributed by atoms with van der Waals surface area (Å²) in [5, 5.41) is 6.53. The summed E-state index contributed by atoms with van der Waals surface area (Å²) in [5.74, 6) is 0.433. The highest BCUT2D eigenvalue weighted by Gasteiger charge is 2.59. The molecule has 0 saturated heterocycles. The third-order valence-electron chi connectivity index (χ3n) is 11.7. The standard InChI is InChI=1S/C50H36N2S/c1-3-14-35(15-4-2)51-43-21-11-8-18-36(43)39-28-33(24-26-44(39)51)34-25-27-46-40(29-34)37-19-9-12-22-45(37)52(46)50-30-41(32-16-6-5-7-17-32)49-48(42(50)31-50)38-20-10-13-23-47(38)53-49/h3-30,42H,1,31H2,2H3/b15-4-,35-14+/t42-,50?/m0/s1. The second kappa shape index (κ2) is 11.4. The Balaban J connectivity index is 1.11. The summed E-state index contributed by atoms with van der Waals surface area (Å²) < 4.78 is 6.42. The van der Waals surface area contributed by atoms with Crippen LogP contribution in [-0.4, -0.2) is 9.13 Å². The second-order valence-electron chi connectivity index (χ2n) is 14.5. The van der Waals surface area contributed by atoms with Crippen molar-refractivity contribution < 1.29 is 0 Å². The lowest BCUT2D eigenvalue weighted by Gasteiger charge is -2.26. The van der Waals surface area contributed by atoms with Gasteiger partial charge in [-0.2, -0.15) is 0 Å². The Hall–Kier alpha value is -6.16. The molecule has 1 saturated carbocycles. The number of nitrogens with zero attached hydrogens (tertiary/aromatic N) is 2. The molecule has 11 rings (SSSR count). The molecular formula is C50H36N2S. The highest BCUT2D eigenvalue weighted by Crippen LogP contribution is 2.67. The van der Waals surface area contributed by atoms with Crippen LogP contribution >= 0.6 is 11.3 Å². The summed E-state index contributed by atoms with van der Waals surface area (Å²) in [5.41, 5.74) is 12.6. The second-order valence-corrected chi connectivity index (χ2v) is 15.6. The van der Waals surface area contributed by atoms with E-state index in [1.54, 1.807) is 0 Å². The number of thiophene rings is 1. The molecule has 2 aliphatic rings. The zero-order chi connectivity index (χ0) is 35.3. The van der Waals surface area contributed by atoms with Gasteiger partial charge in [0.2, 0.25) is 0 Å². The van der Waals surface area contributed by atoms with Crippen LogP contribution in [0.1, 0.15) is 35.3 Å². The van der Waals surface area contributed by atoms with Crippen LogP contribution in [0.5, 0.6) is 0 Å². The van der Waals surface area contributed by atoms with Crippen LogP contribution in [-0.2, 0) is 5.54 Å². The third-order valence-corrected chi connectivity index (χ3v) is 12.9. The van der Waals surface area contributed by atoms with E-state index >= 15 is 0 Å². The van der Waals surface area contributed by atoms with E-state index in [4.69, 9.17) is 0 Å². The summed E-state index contributed by atoms with van der Waals surface area (Å²) in [6.07, 6.45) is 11.9. The topological polar surface area (TPSA) is 9.86 Å². The van der Waals surface area contributed by atoms with Gasteiger partial charge in [-0.1, -0.05) is 116 Å². The molecule has 1 unspecified atom stereocenters. The minimum atomic E-state index is -0.130. The first-order valence-corrected chi connectivity index (χ1v) is 19.3. The lowest BCUT2D eigenvalue weighted by atomic mass is 9.89. The van der Waals surface area contributed by atoms with E-state index in [1.807, 2.05) is 17.4 Å². The Morgan fingerprint density at radius 3 is 2.02 bits per heavy atom. The summed E-state index contributed by atoms with van der Waals surface area (Å²) in [7, 11) is 0. The predicted molar refractivity (Wildman–Crippen MR) is 228 cm³/mol. The molecule has 3 heterocycles. The Morgan fingerprint density at radius 2 is 1.26 bits per heavy atom. The van der Waals surface area contributed by atoms with Gasteiger partial charge in [-0.05, 0) is 107 Å². The van der Waals surface area contributed by atoms with Gasteiger partial charge in [0, 0.05) is 53.8 Å². The number of fused-ring (bicyclic) bond motifs is 11. The number of hydrogen-bond acceptors (Lipinski definition) is 1. The molecule has 0 radical (unpaired) electrons. The third kappa shape index (κ3) is 4.32. The van der Waals surface area contributed by atoms with Gasteiger partial charge in [-0.15, -0.1) is 11.3 Å². The van der Waals surface area contributed by atoms with Crippen LogP contribution in [0, 0.1) is 0 Å². The lowest BCUT2D eigenvalue weighted by Crippen LogP contribution is -2.20. The number of para-hydroxylation sites is 2. The van der Waals surface area contributed by atoms with E-state index in [1.165, 1.54) is 86.4 Å².